The van der Waals surface area contributed by atoms with E-state index in [1.807, 2.05) is 38.1 Å². The first kappa shape index (κ1) is 18.7. The van der Waals surface area contributed by atoms with E-state index in [1.165, 1.54) is 6.20 Å². The number of carbonyl (C=O) groups excluding carboxylic acids is 1. The molecule has 138 valence electrons. The molecule has 2 N–H and O–H groups in total. The molecule has 1 aromatic heterocycles. The monoisotopic (exact) mass is 381 g/mol. The van der Waals surface area contributed by atoms with E-state index < -0.39 is 0 Å². The summed E-state index contributed by atoms with van der Waals surface area (Å²) in [5, 5.41) is 6.67. The molecule has 3 rings (SSSR count). The summed E-state index contributed by atoms with van der Waals surface area (Å²) in [5.74, 6) is 0.521. The van der Waals surface area contributed by atoms with Gasteiger partial charge < -0.3 is 15.4 Å². The Hall–Kier alpha value is -3.05. The van der Waals surface area contributed by atoms with Crippen molar-refractivity contribution in [3.8, 4) is 5.75 Å². The number of ether oxygens (including phenoxy) is 1. The van der Waals surface area contributed by atoms with Crippen LogP contribution >= 0.6 is 11.6 Å². The highest BCUT2D eigenvalue weighted by Crippen LogP contribution is 2.21. The lowest BCUT2D eigenvalue weighted by Crippen LogP contribution is -2.12. The molecule has 0 radical (unpaired) electrons. The number of aromatic nitrogens is 1. The van der Waals surface area contributed by atoms with Crippen molar-refractivity contribution in [2.45, 2.75) is 20.0 Å². The average Bonchev–Trinajstić information content (AvgIpc) is 2.63. The minimum absolute atomic E-state index is 0.103. The van der Waals surface area contributed by atoms with Crippen LogP contribution in [-0.2, 0) is 0 Å². The molecule has 0 fully saturated rings. The number of anilines is 3. The Balaban J connectivity index is 1.68. The molecule has 6 heteroatoms. The van der Waals surface area contributed by atoms with Crippen LogP contribution in [0.3, 0.4) is 0 Å². The van der Waals surface area contributed by atoms with Gasteiger partial charge >= 0.3 is 0 Å². The smallest absolute Gasteiger partial charge is 0.257 e. The van der Waals surface area contributed by atoms with Gasteiger partial charge in [-0.15, -0.1) is 0 Å². The zero-order chi connectivity index (χ0) is 19.2. The van der Waals surface area contributed by atoms with E-state index in [1.54, 1.807) is 36.5 Å². The second kappa shape index (κ2) is 8.56. The first-order valence-corrected chi connectivity index (χ1v) is 8.93. The molecule has 1 heterocycles. The number of nitrogens with zero attached hydrogens (tertiary/aromatic N) is 1. The van der Waals surface area contributed by atoms with Gasteiger partial charge in [0.1, 0.15) is 5.75 Å². The van der Waals surface area contributed by atoms with Crippen LogP contribution in [0.4, 0.5) is 17.1 Å². The molecule has 2 aromatic carbocycles. The summed E-state index contributed by atoms with van der Waals surface area (Å²) in [7, 11) is 0. The van der Waals surface area contributed by atoms with Crippen molar-refractivity contribution in [1.82, 2.24) is 4.98 Å². The summed E-state index contributed by atoms with van der Waals surface area (Å²) in [6, 6.07) is 16.3. The minimum Gasteiger partial charge on any atom is -0.491 e. The van der Waals surface area contributed by atoms with Crippen LogP contribution in [0.25, 0.3) is 0 Å². The zero-order valence-corrected chi connectivity index (χ0v) is 15.8. The van der Waals surface area contributed by atoms with Gasteiger partial charge in [0.25, 0.3) is 5.91 Å². The maximum Gasteiger partial charge on any atom is 0.257 e. The molecule has 0 saturated heterocycles. The van der Waals surface area contributed by atoms with Gasteiger partial charge in [0, 0.05) is 22.6 Å². The number of halogens is 1. The highest BCUT2D eigenvalue weighted by atomic mass is 35.5. The van der Waals surface area contributed by atoms with Crippen molar-refractivity contribution in [1.29, 1.82) is 0 Å². The van der Waals surface area contributed by atoms with E-state index in [9.17, 15) is 4.79 Å². The first-order valence-electron chi connectivity index (χ1n) is 8.55. The number of hydrogen-bond donors (Lipinski definition) is 2. The molecular weight excluding hydrogens is 362 g/mol. The summed E-state index contributed by atoms with van der Waals surface area (Å²) < 4.78 is 5.60. The van der Waals surface area contributed by atoms with E-state index in [0.29, 0.717) is 22.0 Å². The van der Waals surface area contributed by atoms with Gasteiger partial charge in [0.15, 0.2) is 0 Å². The molecule has 0 aliphatic carbocycles. The van der Waals surface area contributed by atoms with Crippen LogP contribution < -0.4 is 15.4 Å². The number of pyridine rings is 1. The molecule has 3 aromatic rings. The van der Waals surface area contributed by atoms with Crippen LogP contribution in [0.1, 0.15) is 24.2 Å². The van der Waals surface area contributed by atoms with Gasteiger partial charge in [-0.05, 0) is 62.4 Å². The lowest BCUT2D eigenvalue weighted by molar-refractivity contribution is 0.102. The number of carbonyl (C=O) groups is 1. The highest BCUT2D eigenvalue weighted by Gasteiger charge is 2.08. The topological polar surface area (TPSA) is 63.2 Å². The Morgan fingerprint density at radius 3 is 2.48 bits per heavy atom. The molecule has 0 unspecified atom stereocenters. The zero-order valence-electron chi connectivity index (χ0n) is 15.1. The minimum atomic E-state index is -0.241. The maximum absolute atomic E-state index is 12.5. The fraction of sp³-hybridized carbons (Fsp3) is 0.143. The second-order valence-electron chi connectivity index (χ2n) is 6.24. The van der Waals surface area contributed by atoms with Crippen LogP contribution in [0, 0.1) is 0 Å². The van der Waals surface area contributed by atoms with Crippen molar-refractivity contribution in [2.24, 2.45) is 0 Å². The molecule has 27 heavy (non-hydrogen) atoms. The van der Waals surface area contributed by atoms with Crippen molar-refractivity contribution in [3.63, 3.8) is 0 Å². The first-order chi connectivity index (χ1) is 13.0. The SMILES string of the molecule is CC(C)Oc1ccc(NC(=O)c2cncc(Nc3cccc(Cl)c3)c2)cc1. The number of rotatable bonds is 6. The Bertz CT molecular complexity index is 927. The van der Waals surface area contributed by atoms with Gasteiger partial charge in [-0.2, -0.15) is 0 Å². The Morgan fingerprint density at radius 2 is 1.78 bits per heavy atom. The number of amides is 1. The predicted octanol–water partition coefficient (Wildman–Crippen LogP) is 5.52. The van der Waals surface area contributed by atoms with Gasteiger partial charge in [-0.1, -0.05) is 17.7 Å². The molecule has 0 spiro atoms. The number of hydrogen-bond acceptors (Lipinski definition) is 4. The van der Waals surface area contributed by atoms with Crippen LogP contribution in [0.15, 0.2) is 67.0 Å². The van der Waals surface area contributed by atoms with Crippen molar-refractivity contribution < 1.29 is 9.53 Å². The third-order valence-electron chi connectivity index (χ3n) is 3.60. The third-order valence-corrected chi connectivity index (χ3v) is 3.83. The summed E-state index contributed by atoms with van der Waals surface area (Å²) in [6.45, 7) is 3.93. The van der Waals surface area contributed by atoms with Crippen LogP contribution in [0.2, 0.25) is 5.02 Å². The van der Waals surface area contributed by atoms with Gasteiger partial charge in [0.05, 0.1) is 23.6 Å². The van der Waals surface area contributed by atoms with Gasteiger partial charge in [0.2, 0.25) is 0 Å². The Morgan fingerprint density at radius 1 is 1.00 bits per heavy atom. The number of benzene rings is 2. The van der Waals surface area contributed by atoms with Crippen molar-refractivity contribution >= 4 is 34.6 Å². The van der Waals surface area contributed by atoms with E-state index in [2.05, 4.69) is 15.6 Å². The van der Waals surface area contributed by atoms with E-state index in [4.69, 9.17) is 16.3 Å². The molecule has 0 aliphatic rings. The summed E-state index contributed by atoms with van der Waals surface area (Å²) in [4.78, 5) is 16.6. The molecule has 0 atom stereocenters. The van der Waals surface area contributed by atoms with Crippen molar-refractivity contribution in [2.75, 3.05) is 10.6 Å². The summed E-state index contributed by atoms with van der Waals surface area (Å²) >= 11 is 5.99. The molecule has 0 bridgehead atoms. The Labute approximate surface area is 163 Å². The third kappa shape index (κ3) is 5.46. The largest absolute Gasteiger partial charge is 0.491 e. The normalized spacial score (nSPS) is 10.5. The molecule has 0 aliphatic heterocycles. The maximum atomic E-state index is 12.5. The quantitative estimate of drug-likeness (QED) is 0.590. The Kier molecular flexibility index (Phi) is 5.94. The van der Waals surface area contributed by atoms with Crippen LogP contribution in [0.5, 0.6) is 5.75 Å². The molecule has 5 nitrogen and oxygen atoms in total. The van der Waals surface area contributed by atoms with Gasteiger partial charge in [-0.25, -0.2) is 0 Å². The average molecular weight is 382 g/mol. The standard InChI is InChI=1S/C21H20ClN3O2/c1-14(2)27-20-8-6-17(7-9-20)25-21(26)15-10-19(13-23-12-15)24-18-5-3-4-16(22)11-18/h3-14,24H,1-2H3,(H,25,26). The lowest BCUT2D eigenvalue weighted by Gasteiger charge is -2.11. The van der Waals surface area contributed by atoms with Crippen molar-refractivity contribution in [3.05, 3.63) is 77.6 Å². The summed E-state index contributed by atoms with van der Waals surface area (Å²) in [6.07, 6.45) is 3.27. The van der Waals surface area contributed by atoms with E-state index >= 15 is 0 Å². The van der Waals surface area contributed by atoms with E-state index in [0.717, 1.165) is 11.4 Å². The van der Waals surface area contributed by atoms with Gasteiger partial charge in [-0.3, -0.25) is 9.78 Å². The predicted molar refractivity (Wildman–Crippen MR) is 109 cm³/mol. The molecule has 0 saturated carbocycles. The lowest BCUT2D eigenvalue weighted by atomic mass is 10.2. The fourth-order valence-electron chi connectivity index (χ4n) is 2.46. The van der Waals surface area contributed by atoms with E-state index in [-0.39, 0.29) is 12.0 Å². The summed E-state index contributed by atoms with van der Waals surface area (Å²) in [5.41, 5.74) is 2.65. The molecular formula is C21H20ClN3O2. The second-order valence-corrected chi connectivity index (χ2v) is 6.68. The fourth-order valence-corrected chi connectivity index (χ4v) is 2.65. The highest BCUT2D eigenvalue weighted by molar-refractivity contribution is 6.30. The number of nitrogens with one attached hydrogen (secondary N) is 2. The van der Waals surface area contributed by atoms with Crippen LogP contribution in [-0.4, -0.2) is 17.0 Å². The molecule has 1 amide bonds.